The first-order valence-electron chi connectivity index (χ1n) is 18.6. The second-order valence-electron chi connectivity index (χ2n) is 19.9. The Morgan fingerprint density at radius 1 is 0.826 bits per heavy atom. The molecule has 1 aromatic heterocycles. The van der Waals surface area contributed by atoms with Crippen molar-refractivity contribution in [3.63, 3.8) is 0 Å². The van der Waals surface area contributed by atoms with Crippen LogP contribution < -0.4 is 0 Å². The van der Waals surface area contributed by atoms with Crippen LogP contribution in [0.1, 0.15) is 125 Å². The standard InChI is InChI=1S/C40H68O3SSi2/c1-36(2,3)45(10,11)42-28-20-23-38(7)32-21-24-39(8)31(18-19-35(39)40(9,41)22-14-16-29-17-15-25-44-29)30(32)27-34(33(38)26-28)43-46(12,13)37(4,5)6/h15,17,25,28,30-35,41H,18-24,26-27H2,1-13H3/t28-,30-,31-,32-,33+,34-,35-,38+,39-,40?/m0/s1. The predicted octanol–water partition coefficient (Wildman–Crippen LogP) is 11.3. The third-order valence-electron chi connectivity index (χ3n) is 15.1. The molecule has 0 radical (unpaired) electrons. The molecule has 1 aromatic rings. The minimum Gasteiger partial charge on any atom is -0.414 e. The molecular formula is C40H68O3SSi2. The molecule has 6 heteroatoms. The first kappa shape index (κ1) is 36.8. The summed E-state index contributed by atoms with van der Waals surface area (Å²) in [6.45, 7) is 31.4. The topological polar surface area (TPSA) is 38.7 Å². The highest BCUT2D eigenvalue weighted by Crippen LogP contribution is 2.69. The summed E-state index contributed by atoms with van der Waals surface area (Å²) in [7, 11) is -3.83. The van der Waals surface area contributed by atoms with Gasteiger partial charge in [-0.2, -0.15) is 0 Å². The van der Waals surface area contributed by atoms with E-state index in [2.05, 4.69) is 118 Å². The first-order valence-corrected chi connectivity index (χ1v) is 25.3. The van der Waals surface area contributed by atoms with E-state index in [9.17, 15) is 5.11 Å². The molecule has 3 nitrogen and oxygen atoms in total. The summed E-state index contributed by atoms with van der Waals surface area (Å²) < 4.78 is 14.7. The van der Waals surface area contributed by atoms with Gasteiger partial charge in [-0.15, -0.1) is 11.3 Å². The summed E-state index contributed by atoms with van der Waals surface area (Å²) in [5.74, 6) is 9.62. The van der Waals surface area contributed by atoms with Crippen LogP contribution in [-0.4, -0.2) is 39.6 Å². The van der Waals surface area contributed by atoms with Crippen molar-refractivity contribution in [1.82, 2.24) is 0 Å². The van der Waals surface area contributed by atoms with E-state index < -0.39 is 22.2 Å². The van der Waals surface area contributed by atoms with Gasteiger partial charge in [-0.1, -0.05) is 73.3 Å². The van der Waals surface area contributed by atoms with Crippen molar-refractivity contribution in [3.05, 3.63) is 22.4 Å². The third kappa shape index (κ3) is 6.70. The summed E-state index contributed by atoms with van der Waals surface area (Å²) >= 11 is 1.68. The fourth-order valence-electron chi connectivity index (χ4n) is 10.4. The lowest BCUT2D eigenvalue weighted by molar-refractivity contribution is -0.174. The van der Waals surface area contributed by atoms with Crippen molar-refractivity contribution in [2.75, 3.05) is 0 Å². The molecule has 0 saturated heterocycles. The van der Waals surface area contributed by atoms with E-state index in [0.717, 1.165) is 23.6 Å². The summed E-state index contributed by atoms with van der Waals surface area (Å²) in [4.78, 5) is 1.09. The average Bonchev–Trinajstić information content (AvgIpc) is 3.55. The molecule has 1 unspecified atom stereocenters. The minimum absolute atomic E-state index is 0.155. The molecule has 4 aliphatic rings. The van der Waals surface area contributed by atoms with Gasteiger partial charge in [0.15, 0.2) is 16.6 Å². The van der Waals surface area contributed by atoms with Crippen LogP contribution in [-0.2, 0) is 8.85 Å². The first-order chi connectivity index (χ1) is 21.0. The average molecular weight is 685 g/mol. The number of rotatable bonds is 6. The molecule has 10 atom stereocenters. The van der Waals surface area contributed by atoms with Crippen LogP contribution in [0.3, 0.4) is 0 Å². The molecule has 0 aromatic carbocycles. The van der Waals surface area contributed by atoms with Crippen molar-refractivity contribution in [2.45, 2.75) is 174 Å². The van der Waals surface area contributed by atoms with Crippen molar-refractivity contribution in [2.24, 2.45) is 40.4 Å². The zero-order valence-electron chi connectivity index (χ0n) is 31.8. The van der Waals surface area contributed by atoms with Crippen LogP contribution >= 0.6 is 11.3 Å². The van der Waals surface area contributed by atoms with E-state index in [1.807, 2.05) is 0 Å². The molecule has 4 aliphatic carbocycles. The van der Waals surface area contributed by atoms with Crippen LogP contribution in [0, 0.1) is 52.3 Å². The molecule has 4 saturated carbocycles. The van der Waals surface area contributed by atoms with Gasteiger partial charge in [0.05, 0.1) is 10.5 Å². The molecule has 5 rings (SSSR count). The van der Waals surface area contributed by atoms with Gasteiger partial charge in [0.25, 0.3) is 0 Å². The Hall–Kier alpha value is -0.426. The molecule has 46 heavy (non-hydrogen) atoms. The Bertz CT molecular complexity index is 1280. The van der Waals surface area contributed by atoms with Gasteiger partial charge in [0.1, 0.15) is 0 Å². The Kier molecular flexibility index (Phi) is 9.94. The molecule has 0 amide bonds. The van der Waals surface area contributed by atoms with E-state index in [1.165, 1.54) is 38.5 Å². The Labute approximate surface area is 289 Å². The van der Waals surface area contributed by atoms with Crippen LogP contribution in [0.25, 0.3) is 0 Å². The maximum Gasteiger partial charge on any atom is 0.192 e. The van der Waals surface area contributed by atoms with E-state index >= 15 is 0 Å². The zero-order valence-corrected chi connectivity index (χ0v) is 34.6. The number of hydrogen-bond acceptors (Lipinski definition) is 4. The van der Waals surface area contributed by atoms with Gasteiger partial charge >= 0.3 is 0 Å². The number of aliphatic hydroxyl groups is 1. The zero-order chi connectivity index (χ0) is 34.1. The highest BCUT2D eigenvalue weighted by atomic mass is 32.1. The van der Waals surface area contributed by atoms with Gasteiger partial charge in [-0.3, -0.25) is 0 Å². The number of fused-ring (bicyclic) bond motifs is 5. The fourth-order valence-corrected chi connectivity index (χ4v) is 13.8. The smallest absolute Gasteiger partial charge is 0.192 e. The molecule has 4 fully saturated rings. The normalized spacial score (nSPS) is 38.2. The maximum atomic E-state index is 12.0. The van der Waals surface area contributed by atoms with Gasteiger partial charge in [0.2, 0.25) is 0 Å². The molecule has 1 N–H and O–H groups in total. The van der Waals surface area contributed by atoms with Crippen molar-refractivity contribution >= 4 is 28.0 Å². The lowest BCUT2D eigenvalue weighted by atomic mass is 9.43. The van der Waals surface area contributed by atoms with Gasteiger partial charge < -0.3 is 14.0 Å². The molecule has 0 spiro atoms. The van der Waals surface area contributed by atoms with Crippen LogP contribution in [0.15, 0.2) is 17.5 Å². The van der Waals surface area contributed by atoms with Crippen LogP contribution in [0.4, 0.5) is 0 Å². The Balaban J connectivity index is 1.42. The van der Waals surface area contributed by atoms with Crippen molar-refractivity contribution in [1.29, 1.82) is 0 Å². The van der Waals surface area contributed by atoms with Gasteiger partial charge in [-0.05, 0) is 146 Å². The second kappa shape index (κ2) is 12.4. The Morgan fingerprint density at radius 3 is 2.04 bits per heavy atom. The second-order valence-corrected chi connectivity index (χ2v) is 30.4. The van der Waals surface area contributed by atoms with Crippen molar-refractivity contribution in [3.8, 4) is 11.8 Å². The van der Waals surface area contributed by atoms with Gasteiger partial charge in [0, 0.05) is 18.6 Å². The summed E-state index contributed by atoms with van der Waals surface area (Å²) in [5.41, 5.74) is -0.322. The monoisotopic (exact) mass is 684 g/mol. The Morgan fingerprint density at radius 2 is 1.43 bits per heavy atom. The third-order valence-corrected chi connectivity index (χ3v) is 24.9. The van der Waals surface area contributed by atoms with E-state index in [0.29, 0.717) is 42.3 Å². The van der Waals surface area contributed by atoms with Crippen molar-refractivity contribution < 1.29 is 14.0 Å². The number of hydrogen-bond donors (Lipinski definition) is 1. The molecule has 0 bridgehead atoms. The fraction of sp³-hybridized carbons (Fsp3) is 0.850. The maximum absolute atomic E-state index is 12.0. The van der Waals surface area contributed by atoms with Crippen LogP contribution in [0.2, 0.25) is 36.3 Å². The van der Waals surface area contributed by atoms with Crippen LogP contribution in [0.5, 0.6) is 0 Å². The highest BCUT2D eigenvalue weighted by molar-refractivity contribution is 7.10. The lowest BCUT2D eigenvalue weighted by Gasteiger charge is -2.64. The molecule has 260 valence electrons. The van der Waals surface area contributed by atoms with E-state index in [4.69, 9.17) is 8.85 Å². The number of thiophene rings is 1. The summed E-state index contributed by atoms with van der Waals surface area (Å²) in [6, 6.07) is 4.13. The predicted molar refractivity (Wildman–Crippen MR) is 201 cm³/mol. The molecular weight excluding hydrogens is 617 g/mol. The van der Waals surface area contributed by atoms with E-state index in [-0.39, 0.29) is 20.9 Å². The largest absolute Gasteiger partial charge is 0.414 e. The molecule has 1 heterocycles. The highest BCUT2D eigenvalue weighted by Gasteiger charge is 2.65. The SMILES string of the molecule is CC(O)(CC#Cc1cccs1)[C@H]1CC[C@H]2[C@@H]3C[C@H](O[Si](C)(C)C(C)(C)C)[C@H]4C[C@@H](O[Si](C)(C)C(C)(C)C)CC[C@]4(C)[C@H]3CC[C@]12C. The quantitative estimate of drug-likeness (QED) is 0.239. The lowest BCUT2D eigenvalue weighted by Crippen LogP contribution is -2.61. The van der Waals surface area contributed by atoms with E-state index in [1.54, 1.807) is 11.3 Å². The summed E-state index contributed by atoms with van der Waals surface area (Å²) in [5, 5.41) is 14.5. The summed E-state index contributed by atoms with van der Waals surface area (Å²) in [6.07, 6.45) is 10.9. The van der Waals surface area contributed by atoms with Gasteiger partial charge in [-0.25, -0.2) is 0 Å². The molecule has 0 aliphatic heterocycles. The minimum atomic E-state index is -1.98.